The molecule has 8 nitrogen and oxygen atoms in total. The topological polar surface area (TPSA) is 103 Å². The predicted molar refractivity (Wildman–Crippen MR) is 86.0 cm³/mol. The highest BCUT2D eigenvalue weighted by molar-refractivity contribution is 7.89. The molecule has 130 valence electrons. The van der Waals surface area contributed by atoms with Crippen LogP contribution in [0.25, 0.3) is 0 Å². The summed E-state index contributed by atoms with van der Waals surface area (Å²) in [4.78, 5) is 10.1. The minimum absolute atomic E-state index is 0.0209. The molecule has 2 aromatic rings. The summed E-state index contributed by atoms with van der Waals surface area (Å²) in [6, 6.07) is 8.24. The van der Waals surface area contributed by atoms with Gasteiger partial charge in [0.05, 0.1) is 23.0 Å². The van der Waals surface area contributed by atoms with E-state index in [1.165, 1.54) is 35.7 Å². The molecule has 9 heteroatoms. The molecule has 0 amide bonds. The van der Waals surface area contributed by atoms with E-state index in [4.69, 9.17) is 9.15 Å². The minimum atomic E-state index is -3.83. The Hall–Kier alpha value is -2.23. The second-order valence-corrected chi connectivity index (χ2v) is 7.03. The van der Waals surface area contributed by atoms with Crippen molar-refractivity contribution in [2.24, 2.45) is 0 Å². The van der Waals surface area contributed by atoms with Gasteiger partial charge in [-0.3, -0.25) is 10.1 Å². The van der Waals surface area contributed by atoms with Gasteiger partial charge < -0.3 is 9.15 Å². The molecule has 0 bridgehead atoms. The third-order valence-corrected chi connectivity index (χ3v) is 5.22. The first kappa shape index (κ1) is 18.1. The summed E-state index contributed by atoms with van der Waals surface area (Å²) < 4.78 is 37.2. The summed E-state index contributed by atoms with van der Waals surface area (Å²) >= 11 is 0. The number of nitro groups is 1. The number of hydrogen-bond donors (Lipinski definition) is 0. The SMILES string of the molecule is COCCN(Cc1ccc(C)o1)S(=O)(=O)c1ccc([N+](=O)[O-])cc1. The highest BCUT2D eigenvalue weighted by atomic mass is 32.2. The predicted octanol–water partition coefficient (Wildman–Crippen LogP) is 2.33. The number of ether oxygens (including phenoxy) is 1. The van der Waals surface area contributed by atoms with E-state index in [0.29, 0.717) is 11.5 Å². The Morgan fingerprint density at radius 1 is 1.21 bits per heavy atom. The fourth-order valence-electron chi connectivity index (χ4n) is 2.11. The van der Waals surface area contributed by atoms with Gasteiger partial charge in [-0.1, -0.05) is 0 Å². The number of nitrogens with zero attached hydrogens (tertiary/aromatic N) is 2. The van der Waals surface area contributed by atoms with Crippen molar-refractivity contribution in [1.29, 1.82) is 0 Å². The average molecular weight is 354 g/mol. The van der Waals surface area contributed by atoms with Gasteiger partial charge >= 0.3 is 0 Å². The molecule has 0 aliphatic heterocycles. The third kappa shape index (κ3) is 4.19. The van der Waals surface area contributed by atoms with Gasteiger partial charge in [-0.2, -0.15) is 4.31 Å². The van der Waals surface area contributed by atoms with E-state index in [1.807, 2.05) is 0 Å². The Morgan fingerprint density at radius 2 is 1.88 bits per heavy atom. The van der Waals surface area contributed by atoms with Crippen LogP contribution in [0.5, 0.6) is 0 Å². The Balaban J connectivity index is 2.29. The van der Waals surface area contributed by atoms with Crippen LogP contribution in [0.15, 0.2) is 45.7 Å². The van der Waals surface area contributed by atoms with Gasteiger partial charge in [0.25, 0.3) is 5.69 Å². The van der Waals surface area contributed by atoms with Gasteiger partial charge in [0.1, 0.15) is 11.5 Å². The molecule has 0 radical (unpaired) electrons. The first-order valence-corrected chi connectivity index (χ1v) is 8.57. The van der Waals surface area contributed by atoms with E-state index in [0.717, 1.165) is 0 Å². The van der Waals surface area contributed by atoms with Crippen LogP contribution in [-0.2, 0) is 21.3 Å². The van der Waals surface area contributed by atoms with E-state index >= 15 is 0 Å². The Morgan fingerprint density at radius 3 is 2.38 bits per heavy atom. The molecular formula is C15H18N2O6S. The van der Waals surface area contributed by atoms with E-state index in [1.54, 1.807) is 19.1 Å². The fourth-order valence-corrected chi connectivity index (χ4v) is 3.50. The number of rotatable bonds is 8. The maximum absolute atomic E-state index is 12.8. The monoisotopic (exact) mass is 354 g/mol. The summed E-state index contributed by atoms with van der Waals surface area (Å²) in [5.41, 5.74) is -0.168. The second kappa shape index (κ2) is 7.56. The van der Waals surface area contributed by atoms with E-state index in [2.05, 4.69) is 0 Å². The molecule has 0 unspecified atom stereocenters. The zero-order chi connectivity index (χ0) is 17.7. The second-order valence-electron chi connectivity index (χ2n) is 5.09. The molecule has 0 atom stereocenters. The zero-order valence-corrected chi connectivity index (χ0v) is 14.2. The van der Waals surface area contributed by atoms with Gasteiger partial charge in [-0.25, -0.2) is 8.42 Å². The third-order valence-electron chi connectivity index (χ3n) is 3.36. The summed E-state index contributed by atoms with van der Waals surface area (Å²) in [5.74, 6) is 1.19. The number of non-ortho nitro benzene ring substituents is 1. The zero-order valence-electron chi connectivity index (χ0n) is 13.3. The molecule has 2 rings (SSSR count). The standard InChI is InChI=1S/C15H18N2O6S/c1-12-3-6-14(23-12)11-16(9-10-22-2)24(20,21)15-7-4-13(5-8-15)17(18)19/h3-8H,9-11H2,1-2H3. The van der Waals surface area contributed by atoms with Crippen molar-refractivity contribution in [2.75, 3.05) is 20.3 Å². The molecule has 0 aliphatic rings. The largest absolute Gasteiger partial charge is 0.465 e. The van der Waals surface area contributed by atoms with Crippen LogP contribution in [0.3, 0.4) is 0 Å². The minimum Gasteiger partial charge on any atom is -0.465 e. The first-order chi connectivity index (χ1) is 11.3. The maximum atomic E-state index is 12.8. The van der Waals surface area contributed by atoms with Crippen molar-refractivity contribution in [1.82, 2.24) is 4.31 Å². The Labute approximate surface area is 139 Å². The van der Waals surface area contributed by atoms with Crippen LogP contribution in [-0.4, -0.2) is 37.9 Å². The van der Waals surface area contributed by atoms with E-state index in [9.17, 15) is 18.5 Å². The van der Waals surface area contributed by atoms with Crippen molar-refractivity contribution in [3.63, 3.8) is 0 Å². The highest BCUT2D eigenvalue weighted by Gasteiger charge is 2.26. The smallest absolute Gasteiger partial charge is 0.269 e. The summed E-state index contributed by atoms with van der Waals surface area (Å²) in [7, 11) is -2.35. The van der Waals surface area contributed by atoms with Gasteiger partial charge in [-0.05, 0) is 31.2 Å². The molecule has 0 spiro atoms. The van der Waals surface area contributed by atoms with Gasteiger partial charge in [0.15, 0.2) is 0 Å². The fraction of sp³-hybridized carbons (Fsp3) is 0.333. The lowest BCUT2D eigenvalue weighted by molar-refractivity contribution is -0.384. The number of nitro benzene ring substituents is 1. The molecule has 1 heterocycles. The molecule has 0 aliphatic carbocycles. The van der Waals surface area contributed by atoms with Crippen LogP contribution in [0.4, 0.5) is 5.69 Å². The Bertz CT molecular complexity index is 798. The van der Waals surface area contributed by atoms with E-state index < -0.39 is 14.9 Å². The van der Waals surface area contributed by atoms with Crippen LogP contribution < -0.4 is 0 Å². The average Bonchev–Trinajstić information content (AvgIpc) is 2.96. The van der Waals surface area contributed by atoms with Gasteiger partial charge in [0, 0.05) is 25.8 Å². The molecular weight excluding hydrogens is 336 g/mol. The lowest BCUT2D eigenvalue weighted by Gasteiger charge is -2.20. The quantitative estimate of drug-likeness (QED) is 0.532. The lowest BCUT2D eigenvalue weighted by atomic mass is 10.3. The normalized spacial score (nSPS) is 11.8. The number of methoxy groups -OCH3 is 1. The number of sulfonamides is 1. The molecule has 1 aromatic carbocycles. The van der Waals surface area contributed by atoms with E-state index in [-0.39, 0.29) is 30.3 Å². The van der Waals surface area contributed by atoms with Crippen LogP contribution >= 0.6 is 0 Å². The summed E-state index contributed by atoms with van der Waals surface area (Å²) in [6.07, 6.45) is 0. The lowest BCUT2D eigenvalue weighted by Crippen LogP contribution is -2.33. The molecule has 0 saturated heterocycles. The molecule has 0 fully saturated rings. The van der Waals surface area contributed by atoms with Crippen molar-refractivity contribution >= 4 is 15.7 Å². The molecule has 0 saturated carbocycles. The molecule has 1 aromatic heterocycles. The first-order valence-electron chi connectivity index (χ1n) is 7.13. The summed E-state index contributed by atoms with van der Waals surface area (Å²) in [5, 5.41) is 10.7. The van der Waals surface area contributed by atoms with Crippen LogP contribution in [0.2, 0.25) is 0 Å². The molecule has 0 N–H and O–H groups in total. The highest BCUT2D eigenvalue weighted by Crippen LogP contribution is 2.21. The maximum Gasteiger partial charge on any atom is 0.269 e. The van der Waals surface area contributed by atoms with Crippen molar-refractivity contribution < 1.29 is 22.5 Å². The number of hydrogen-bond acceptors (Lipinski definition) is 6. The number of benzene rings is 1. The summed E-state index contributed by atoms with van der Waals surface area (Å²) in [6.45, 7) is 2.17. The van der Waals surface area contributed by atoms with Gasteiger partial charge in [0.2, 0.25) is 10.0 Å². The van der Waals surface area contributed by atoms with Crippen LogP contribution in [0, 0.1) is 17.0 Å². The number of aryl methyl sites for hydroxylation is 1. The van der Waals surface area contributed by atoms with Crippen molar-refractivity contribution in [2.45, 2.75) is 18.4 Å². The Kier molecular flexibility index (Phi) is 5.71. The van der Waals surface area contributed by atoms with Crippen LogP contribution in [0.1, 0.15) is 11.5 Å². The number of furan rings is 1. The van der Waals surface area contributed by atoms with Crippen molar-refractivity contribution in [3.05, 3.63) is 58.0 Å². The van der Waals surface area contributed by atoms with Crippen molar-refractivity contribution in [3.8, 4) is 0 Å². The molecule has 24 heavy (non-hydrogen) atoms. The van der Waals surface area contributed by atoms with Gasteiger partial charge in [-0.15, -0.1) is 0 Å².